The number of amides is 2. The number of hydrogen-bond donors (Lipinski definition) is 1. The lowest BCUT2D eigenvalue weighted by atomic mass is 9.93. The van der Waals surface area contributed by atoms with Gasteiger partial charge in [-0.3, -0.25) is 0 Å². The molecule has 0 saturated carbocycles. The molecule has 2 atom stereocenters. The Balaban J connectivity index is 2.06. The van der Waals surface area contributed by atoms with E-state index in [2.05, 4.69) is 4.98 Å². The number of carboxylic acid groups (broad SMARTS) is 1. The maximum absolute atomic E-state index is 12.5. The van der Waals surface area contributed by atoms with Crippen LogP contribution in [0, 0.1) is 12.8 Å². The predicted octanol–water partition coefficient (Wildman–Crippen LogP) is 2.19. The van der Waals surface area contributed by atoms with Gasteiger partial charge in [0.05, 0.1) is 17.7 Å². The largest absolute Gasteiger partial charge is 0.480 e. The third-order valence-electron chi connectivity index (χ3n) is 3.95. The molecule has 1 aliphatic rings. The Morgan fingerprint density at radius 3 is 2.86 bits per heavy atom. The van der Waals surface area contributed by atoms with E-state index in [1.807, 2.05) is 13.8 Å². The smallest absolute Gasteiger partial charge is 0.326 e. The van der Waals surface area contributed by atoms with Gasteiger partial charge >= 0.3 is 12.0 Å². The molecule has 1 aromatic heterocycles. The number of aliphatic carboxylic acids is 1. The van der Waals surface area contributed by atoms with Gasteiger partial charge in [-0.1, -0.05) is 6.92 Å². The number of hydrogen-bond acceptors (Lipinski definition) is 4. The molecule has 0 bridgehead atoms. The zero-order chi connectivity index (χ0) is 15.6. The summed E-state index contributed by atoms with van der Waals surface area (Å²) < 4.78 is 0. The molecular formula is C14H21N3O3S. The van der Waals surface area contributed by atoms with E-state index in [1.165, 1.54) is 16.2 Å². The summed E-state index contributed by atoms with van der Waals surface area (Å²) in [5.41, 5.74) is 2.67. The lowest BCUT2D eigenvalue weighted by molar-refractivity contribution is -0.144. The molecule has 1 fully saturated rings. The highest BCUT2D eigenvalue weighted by atomic mass is 32.1. The average Bonchev–Trinajstić information content (AvgIpc) is 2.83. The number of carbonyl (C=O) groups excluding carboxylic acids is 1. The molecule has 7 heteroatoms. The minimum absolute atomic E-state index is 0.220. The van der Waals surface area contributed by atoms with Gasteiger partial charge in [0.15, 0.2) is 0 Å². The molecule has 2 rings (SSSR count). The van der Waals surface area contributed by atoms with Crippen molar-refractivity contribution in [2.45, 2.75) is 39.3 Å². The van der Waals surface area contributed by atoms with Gasteiger partial charge in [0.2, 0.25) is 0 Å². The number of piperidine rings is 1. The maximum Gasteiger partial charge on any atom is 0.326 e. The molecule has 1 aliphatic heterocycles. The number of aryl methyl sites for hydroxylation is 1. The third-order valence-corrected chi connectivity index (χ3v) is 4.87. The summed E-state index contributed by atoms with van der Waals surface area (Å²) in [5.74, 6) is -0.582. The second-order valence-corrected chi connectivity index (χ2v) is 6.62. The van der Waals surface area contributed by atoms with E-state index in [1.54, 1.807) is 17.5 Å². The second kappa shape index (κ2) is 6.43. The first-order valence-corrected chi connectivity index (χ1v) is 7.91. The van der Waals surface area contributed by atoms with Gasteiger partial charge in [0, 0.05) is 18.5 Å². The fourth-order valence-electron chi connectivity index (χ4n) is 2.58. The van der Waals surface area contributed by atoms with Crippen molar-refractivity contribution in [3.8, 4) is 0 Å². The molecular weight excluding hydrogens is 290 g/mol. The van der Waals surface area contributed by atoms with Gasteiger partial charge in [-0.25, -0.2) is 14.6 Å². The predicted molar refractivity (Wildman–Crippen MR) is 80.2 cm³/mol. The number of nitrogens with zero attached hydrogens (tertiary/aromatic N) is 3. The van der Waals surface area contributed by atoms with Gasteiger partial charge in [0.1, 0.15) is 6.04 Å². The summed E-state index contributed by atoms with van der Waals surface area (Å²) in [6.45, 7) is 4.91. The van der Waals surface area contributed by atoms with Crippen molar-refractivity contribution in [2.24, 2.45) is 5.92 Å². The van der Waals surface area contributed by atoms with E-state index in [-0.39, 0.29) is 6.03 Å². The van der Waals surface area contributed by atoms with Crippen LogP contribution in [0.1, 0.15) is 30.3 Å². The molecule has 21 heavy (non-hydrogen) atoms. The van der Waals surface area contributed by atoms with Crippen LogP contribution in [0.3, 0.4) is 0 Å². The van der Waals surface area contributed by atoms with Crippen molar-refractivity contribution in [1.82, 2.24) is 14.8 Å². The van der Waals surface area contributed by atoms with Crippen molar-refractivity contribution in [3.63, 3.8) is 0 Å². The molecule has 2 heterocycles. The monoisotopic (exact) mass is 311 g/mol. The Labute approximate surface area is 128 Å². The summed E-state index contributed by atoms with van der Waals surface area (Å²) in [6.07, 6.45) is 1.37. The normalized spacial score (nSPS) is 22.1. The summed E-state index contributed by atoms with van der Waals surface area (Å²) in [7, 11) is 1.71. The van der Waals surface area contributed by atoms with E-state index in [4.69, 9.17) is 0 Å². The molecule has 2 unspecified atom stereocenters. The van der Waals surface area contributed by atoms with Crippen molar-refractivity contribution < 1.29 is 14.7 Å². The summed E-state index contributed by atoms with van der Waals surface area (Å²) in [6, 6.07) is -0.937. The van der Waals surface area contributed by atoms with Crippen LogP contribution in [0.25, 0.3) is 0 Å². The Bertz CT molecular complexity index is 531. The Morgan fingerprint density at radius 2 is 2.29 bits per heavy atom. The first-order chi connectivity index (χ1) is 9.90. The lowest BCUT2D eigenvalue weighted by Gasteiger charge is -2.38. The Kier molecular flexibility index (Phi) is 4.82. The van der Waals surface area contributed by atoms with Crippen LogP contribution in [0.2, 0.25) is 0 Å². The average molecular weight is 311 g/mol. The number of thiazole rings is 1. The number of urea groups is 1. The van der Waals surface area contributed by atoms with Crippen LogP contribution in [-0.4, -0.2) is 51.5 Å². The number of aromatic nitrogens is 1. The number of likely N-dealkylation sites (tertiary alicyclic amines) is 1. The Morgan fingerprint density at radius 1 is 1.57 bits per heavy atom. The highest BCUT2D eigenvalue weighted by Crippen LogP contribution is 2.24. The van der Waals surface area contributed by atoms with Crippen LogP contribution in [0.4, 0.5) is 4.79 Å². The van der Waals surface area contributed by atoms with Crippen molar-refractivity contribution in [3.05, 3.63) is 16.1 Å². The van der Waals surface area contributed by atoms with Gasteiger partial charge in [0.25, 0.3) is 0 Å². The molecule has 1 saturated heterocycles. The zero-order valence-corrected chi connectivity index (χ0v) is 13.4. The first kappa shape index (κ1) is 15.8. The van der Waals surface area contributed by atoms with Crippen LogP contribution in [0.5, 0.6) is 0 Å². The molecule has 116 valence electrons. The van der Waals surface area contributed by atoms with Crippen molar-refractivity contribution >= 4 is 23.3 Å². The van der Waals surface area contributed by atoms with Gasteiger partial charge in [-0.15, -0.1) is 11.3 Å². The molecule has 6 nitrogen and oxygen atoms in total. The molecule has 0 aromatic carbocycles. The third kappa shape index (κ3) is 3.53. The maximum atomic E-state index is 12.5. The van der Waals surface area contributed by atoms with Crippen LogP contribution in [-0.2, 0) is 11.3 Å². The molecule has 1 aromatic rings. The fourth-order valence-corrected chi connectivity index (χ4v) is 3.41. The van der Waals surface area contributed by atoms with Crippen molar-refractivity contribution in [1.29, 1.82) is 0 Å². The van der Waals surface area contributed by atoms with E-state index in [0.717, 1.165) is 17.0 Å². The van der Waals surface area contributed by atoms with Gasteiger partial charge < -0.3 is 14.9 Å². The molecule has 1 N–H and O–H groups in total. The SMILES string of the molecule is Cc1ncsc1CN(C)C(=O)N1CCC(C)CC1C(=O)O. The van der Waals surface area contributed by atoms with Crippen LogP contribution < -0.4 is 0 Å². The topological polar surface area (TPSA) is 73.7 Å². The van der Waals surface area contributed by atoms with E-state index in [0.29, 0.717) is 25.4 Å². The molecule has 0 spiro atoms. The van der Waals surface area contributed by atoms with E-state index < -0.39 is 12.0 Å². The van der Waals surface area contributed by atoms with Crippen LogP contribution >= 0.6 is 11.3 Å². The minimum atomic E-state index is -0.919. The number of carbonyl (C=O) groups is 2. The van der Waals surface area contributed by atoms with E-state index in [9.17, 15) is 14.7 Å². The minimum Gasteiger partial charge on any atom is -0.480 e. The molecule has 0 radical (unpaired) electrons. The first-order valence-electron chi connectivity index (χ1n) is 7.03. The van der Waals surface area contributed by atoms with E-state index >= 15 is 0 Å². The van der Waals surface area contributed by atoms with Gasteiger partial charge in [-0.05, 0) is 25.7 Å². The van der Waals surface area contributed by atoms with Gasteiger partial charge in [-0.2, -0.15) is 0 Å². The lowest BCUT2D eigenvalue weighted by Crippen LogP contribution is -2.53. The highest BCUT2D eigenvalue weighted by molar-refractivity contribution is 7.09. The highest BCUT2D eigenvalue weighted by Gasteiger charge is 2.36. The quantitative estimate of drug-likeness (QED) is 0.928. The zero-order valence-electron chi connectivity index (χ0n) is 12.6. The molecule has 0 aliphatic carbocycles. The Hall–Kier alpha value is -1.63. The molecule has 2 amide bonds. The summed E-state index contributed by atoms with van der Waals surface area (Å²) >= 11 is 1.51. The van der Waals surface area contributed by atoms with Crippen molar-refractivity contribution in [2.75, 3.05) is 13.6 Å². The number of carboxylic acids is 1. The standard InChI is InChI=1S/C14H21N3O3S/c1-9-4-5-17(11(6-9)13(18)19)14(20)16(3)7-12-10(2)15-8-21-12/h8-9,11H,4-7H2,1-3H3,(H,18,19). The fraction of sp³-hybridized carbons (Fsp3) is 0.643. The van der Waals surface area contributed by atoms with Crippen LogP contribution in [0.15, 0.2) is 5.51 Å². The number of rotatable bonds is 3. The summed E-state index contributed by atoms with van der Waals surface area (Å²) in [4.78, 5) is 32.2. The summed E-state index contributed by atoms with van der Waals surface area (Å²) in [5, 5.41) is 9.34. The second-order valence-electron chi connectivity index (χ2n) is 5.68.